The van der Waals surface area contributed by atoms with Gasteiger partial charge < -0.3 is 16.0 Å². The van der Waals surface area contributed by atoms with Crippen molar-refractivity contribution >= 4 is 17.9 Å². The molecule has 0 spiro atoms. The lowest BCUT2D eigenvalue weighted by Crippen LogP contribution is -2.48. The number of amides is 2. The number of nitrogens with zero attached hydrogens (tertiary/aromatic N) is 1. The third-order valence-electron chi connectivity index (χ3n) is 3.58. The van der Waals surface area contributed by atoms with Crippen molar-refractivity contribution in [2.24, 2.45) is 5.73 Å². The van der Waals surface area contributed by atoms with Crippen LogP contribution in [0.3, 0.4) is 0 Å². The Hall–Kier alpha value is -2.14. The van der Waals surface area contributed by atoms with Crippen LogP contribution in [0.15, 0.2) is 36.4 Å². The van der Waals surface area contributed by atoms with Crippen LogP contribution in [0.25, 0.3) is 6.08 Å². The number of rotatable bonds is 5. The van der Waals surface area contributed by atoms with E-state index >= 15 is 0 Å². The molecule has 1 saturated heterocycles. The lowest BCUT2D eigenvalue weighted by molar-refractivity contribution is -0.133. The van der Waals surface area contributed by atoms with Crippen molar-refractivity contribution in [2.45, 2.75) is 18.9 Å². The molecule has 1 aliphatic heterocycles. The molecule has 0 aliphatic carbocycles. The Labute approximate surface area is 124 Å². The first kappa shape index (κ1) is 15.3. The molecule has 5 heteroatoms. The normalized spacial score (nSPS) is 16.0. The predicted molar refractivity (Wildman–Crippen MR) is 82.3 cm³/mol. The van der Waals surface area contributed by atoms with Gasteiger partial charge in [-0.3, -0.25) is 9.59 Å². The first-order chi connectivity index (χ1) is 10.2. The predicted octanol–water partition coefficient (Wildman–Crippen LogP) is 0.766. The summed E-state index contributed by atoms with van der Waals surface area (Å²) in [5, 5.41) is 3.25. The molecule has 0 bridgehead atoms. The molecule has 1 aromatic carbocycles. The zero-order valence-electron chi connectivity index (χ0n) is 12.0. The average molecular weight is 287 g/mol. The van der Waals surface area contributed by atoms with Gasteiger partial charge in [-0.1, -0.05) is 30.3 Å². The number of primary amides is 1. The molecule has 0 unspecified atom stereocenters. The zero-order chi connectivity index (χ0) is 15.1. The van der Waals surface area contributed by atoms with Crippen LogP contribution in [0.4, 0.5) is 0 Å². The van der Waals surface area contributed by atoms with Crippen LogP contribution in [0.1, 0.15) is 18.4 Å². The smallest absolute Gasteiger partial charge is 0.247 e. The van der Waals surface area contributed by atoms with E-state index in [1.165, 1.54) is 6.08 Å². The third kappa shape index (κ3) is 4.72. The van der Waals surface area contributed by atoms with Gasteiger partial charge in [0.15, 0.2) is 0 Å². The fraction of sp³-hybridized carbons (Fsp3) is 0.375. The molecule has 112 valence electrons. The Morgan fingerprint density at radius 2 is 1.90 bits per heavy atom. The van der Waals surface area contributed by atoms with Gasteiger partial charge in [-0.05, 0) is 37.6 Å². The van der Waals surface area contributed by atoms with Crippen molar-refractivity contribution in [3.8, 4) is 0 Å². The van der Waals surface area contributed by atoms with E-state index in [0.29, 0.717) is 0 Å². The number of piperidine rings is 1. The standard InChI is InChI=1S/C16H21N3O2/c17-15(20)12-19(14-8-10-18-11-9-14)16(21)7-6-13-4-2-1-3-5-13/h1-7,14,18H,8-12H2,(H2,17,20)/b7-6+. The number of carbonyl (C=O) groups is 2. The summed E-state index contributed by atoms with van der Waals surface area (Å²) in [5.74, 6) is -0.639. The molecule has 0 saturated carbocycles. The maximum absolute atomic E-state index is 12.4. The first-order valence-corrected chi connectivity index (χ1v) is 7.19. The van der Waals surface area contributed by atoms with Crippen LogP contribution in [0.5, 0.6) is 0 Å². The molecule has 2 rings (SSSR count). The van der Waals surface area contributed by atoms with Gasteiger partial charge >= 0.3 is 0 Å². The van der Waals surface area contributed by atoms with E-state index in [-0.39, 0.29) is 18.5 Å². The Morgan fingerprint density at radius 1 is 1.24 bits per heavy atom. The number of benzene rings is 1. The van der Waals surface area contributed by atoms with E-state index in [1.807, 2.05) is 30.3 Å². The van der Waals surface area contributed by atoms with Gasteiger partial charge in [-0.2, -0.15) is 0 Å². The lowest BCUT2D eigenvalue weighted by atomic mass is 10.0. The number of carbonyl (C=O) groups excluding carboxylic acids is 2. The van der Waals surface area contributed by atoms with E-state index < -0.39 is 5.91 Å². The molecule has 21 heavy (non-hydrogen) atoms. The highest BCUT2D eigenvalue weighted by molar-refractivity contribution is 5.94. The van der Waals surface area contributed by atoms with E-state index in [4.69, 9.17) is 5.73 Å². The van der Waals surface area contributed by atoms with E-state index in [2.05, 4.69) is 5.32 Å². The molecule has 0 radical (unpaired) electrons. The SMILES string of the molecule is NC(=O)CN(C(=O)/C=C/c1ccccc1)C1CCNCC1. The molecule has 3 N–H and O–H groups in total. The molecule has 1 fully saturated rings. The van der Waals surface area contributed by atoms with Crippen molar-refractivity contribution in [1.82, 2.24) is 10.2 Å². The molecular formula is C16H21N3O2. The summed E-state index contributed by atoms with van der Waals surface area (Å²) >= 11 is 0. The summed E-state index contributed by atoms with van der Waals surface area (Å²) in [6, 6.07) is 9.68. The summed E-state index contributed by atoms with van der Waals surface area (Å²) in [5.41, 5.74) is 6.23. The molecular weight excluding hydrogens is 266 g/mol. The van der Waals surface area contributed by atoms with Crippen LogP contribution in [-0.4, -0.2) is 42.4 Å². The highest BCUT2D eigenvalue weighted by Crippen LogP contribution is 2.13. The third-order valence-corrected chi connectivity index (χ3v) is 3.58. The maximum Gasteiger partial charge on any atom is 0.247 e. The van der Waals surface area contributed by atoms with E-state index in [1.54, 1.807) is 11.0 Å². The van der Waals surface area contributed by atoms with Gasteiger partial charge in [0, 0.05) is 12.1 Å². The Kier molecular flexibility index (Phi) is 5.51. The lowest BCUT2D eigenvalue weighted by Gasteiger charge is -2.33. The molecule has 2 amide bonds. The fourth-order valence-electron chi connectivity index (χ4n) is 2.50. The fourth-order valence-corrected chi connectivity index (χ4v) is 2.50. The van der Waals surface area contributed by atoms with Gasteiger partial charge in [0.1, 0.15) is 0 Å². The zero-order valence-corrected chi connectivity index (χ0v) is 12.0. The van der Waals surface area contributed by atoms with Crippen LogP contribution >= 0.6 is 0 Å². The van der Waals surface area contributed by atoms with Gasteiger partial charge in [0.25, 0.3) is 0 Å². The van der Waals surface area contributed by atoms with Crippen molar-refractivity contribution < 1.29 is 9.59 Å². The van der Waals surface area contributed by atoms with Crippen LogP contribution in [0.2, 0.25) is 0 Å². The quantitative estimate of drug-likeness (QED) is 0.785. The van der Waals surface area contributed by atoms with Crippen molar-refractivity contribution in [3.05, 3.63) is 42.0 Å². The minimum atomic E-state index is -0.477. The Balaban J connectivity index is 2.06. The van der Waals surface area contributed by atoms with Crippen LogP contribution in [-0.2, 0) is 9.59 Å². The second-order valence-electron chi connectivity index (χ2n) is 5.16. The molecule has 1 aromatic rings. The minimum absolute atomic E-state index is 0.0252. The topological polar surface area (TPSA) is 75.4 Å². The Bertz CT molecular complexity index is 508. The van der Waals surface area contributed by atoms with Crippen LogP contribution < -0.4 is 11.1 Å². The summed E-state index contributed by atoms with van der Waals surface area (Å²) < 4.78 is 0. The van der Waals surface area contributed by atoms with Crippen LogP contribution in [0, 0.1) is 0 Å². The molecule has 1 heterocycles. The van der Waals surface area contributed by atoms with E-state index in [0.717, 1.165) is 31.5 Å². The van der Waals surface area contributed by atoms with Gasteiger partial charge in [0.05, 0.1) is 6.54 Å². The number of hydrogen-bond acceptors (Lipinski definition) is 3. The first-order valence-electron chi connectivity index (χ1n) is 7.19. The van der Waals surface area contributed by atoms with Crippen molar-refractivity contribution in [2.75, 3.05) is 19.6 Å². The summed E-state index contributed by atoms with van der Waals surface area (Å²) in [7, 11) is 0. The van der Waals surface area contributed by atoms with E-state index in [9.17, 15) is 9.59 Å². The second kappa shape index (κ2) is 7.59. The van der Waals surface area contributed by atoms with Gasteiger partial charge in [0.2, 0.25) is 11.8 Å². The monoisotopic (exact) mass is 287 g/mol. The number of hydrogen-bond donors (Lipinski definition) is 2. The van der Waals surface area contributed by atoms with Gasteiger partial charge in [-0.15, -0.1) is 0 Å². The molecule has 0 atom stereocenters. The summed E-state index contributed by atoms with van der Waals surface area (Å²) in [6.07, 6.45) is 4.97. The minimum Gasteiger partial charge on any atom is -0.368 e. The highest BCUT2D eigenvalue weighted by atomic mass is 16.2. The second-order valence-corrected chi connectivity index (χ2v) is 5.16. The molecule has 5 nitrogen and oxygen atoms in total. The van der Waals surface area contributed by atoms with Gasteiger partial charge in [-0.25, -0.2) is 0 Å². The highest BCUT2D eigenvalue weighted by Gasteiger charge is 2.25. The molecule has 1 aliphatic rings. The summed E-state index contributed by atoms with van der Waals surface area (Å²) in [4.78, 5) is 25.2. The molecule has 0 aromatic heterocycles. The number of nitrogens with one attached hydrogen (secondary N) is 1. The largest absolute Gasteiger partial charge is 0.368 e. The number of nitrogens with two attached hydrogens (primary N) is 1. The van der Waals surface area contributed by atoms with Crippen molar-refractivity contribution in [1.29, 1.82) is 0 Å². The maximum atomic E-state index is 12.4. The Morgan fingerprint density at radius 3 is 2.52 bits per heavy atom. The average Bonchev–Trinajstić information content (AvgIpc) is 2.52. The van der Waals surface area contributed by atoms with Crippen molar-refractivity contribution in [3.63, 3.8) is 0 Å². The summed E-state index contributed by atoms with van der Waals surface area (Å²) in [6.45, 7) is 1.69.